The van der Waals surface area contributed by atoms with Gasteiger partial charge in [0.1, 0.15) is 11.6 Å². The quantitative estimate of drug-likeness (QED) is 0.726. The average Bonchev–Trinajstić information content (AvgIpc) is 3.29. The van der Waals surface area contributed by atoms with Crippen molar-refractivity contribution in [3.63, 3.8) is 0 Å². The number of aromatic nitrogens is 3. The van der Waals surface area contributed by atoms with E-state index in [2.05, 4.69) is 26.6 Å². The van der Waals surface area contributed by atoms with Gasteiger partial charge in [-0.3, -0.25) is 4.90 Å². The van der Waals surface area contributed by atoms with Crippen LogP contribution in [0.2, 0.25) is 0 Å². The smallest absolute Gasteiger partial charge is 0.147 e. The average molecular weight is 264 g/mol. The Bertz CT molecular complexity index is 423. The number of hydrogen-bond donors (Lipinski definition) is 1. The van der Waals surface area contributed by atoms with Crippen molar-refractivity contribution in [3.05, 3.63) is 11.6 Å². The van der Waals surface area contributed by atoms with E-state index in [-0.39, 0.29) is 0 Å². The highest BCUT2D eigenvalue weighted by Gasteiger charge is 2.32. The second-order valence-electron chi connectivity index (χ2n) is 5.90. The first-order chi connectivity index (χ1) is 9.29. The summed E-state index contributed by atoms with van der Waals surface area (Å²) in [6, 6.07) is 1.40. The fourth-order valence-corrected chi connectivity index (χ4v) is 2.77. The van der Waals surface area contributed by atoms with Crippen LogP contribution in [0.25, 0.3) is 0 Å². The van der Waals surface area contributed by atoms with Crippen molar-refractivity contribution in [3.8, 4) is 0 Å². The lowest BCUT2D eigenvalue weighted by atomic mass is 10.3. The van der Waals surface area contributed by atoms with E-state index in [4.69, 9.17) is 5.11 Å². The summed E-state index contributed by atoms with van der Waals surface area (Å²) < 4.78 is 2.33. The fourth-order valence-electron chi connectivity index (χ4n) is 2.77. The van der Waals surface area contributed by atoms with Gasteiger partial charge in [0.2, 0.25) is 0 Å². The van der Waals surface area contributed by atoms with Gasteiger partial charge in [0.05, 0.1) is 6.54 Å². The molecule has 2 aliphatic rings. The highest BCUT2D eigenvalue weighted by Crippen LogP contribution is 2.37. The molecule has 3 rings (SSSR count). The van der Waals surface area contributed by atoms with Gasteiger partial charge in [0, 0.05) is 18.7 Å². The first-order valence-corrected chi connectivity index (χ1v) is 7.55. The van der Waals surface area contributed by atoms with E-state index >= 15 is 0 Å². The molecule has 5 nitrogen and oxygen atoms in total. The van der Waals surface area contributed by atoms with Crippen LogP contribution in [0.15, 0.2) is 0 Å². The van der Waals surface area contributed by atoms with E-state index in [1.165, 1.54) is 25.7 Å². The molecule has 5 heteroatoms. The van der Waals surface area contributed by atoms with Crippen LogP contribution in [0.5, 0.6) is 0 Å². The van der Waals surface area contributed by atoms with Crippen molar-refractivity contribution >= 4 is 0 Å². The van der Waals surface area contributed by atoms with E-state index in [0.717, 1.165) is 43.6 Å². The highest BCUT2D eigenvalue weighted by molar-refractivity contribution is 5.02. The zero-order chi connectivity index (χ0) is 13.2. The molecule has 106 valence electrons. The topological polar surface area (TPSA) is 54.2 Å². The standard InChI is InChI=1S/C14H24N4O/c1-11-15-16-14(18(11)13-6-7-13)10-17(12-4-5-12)8-2-3-9-19/h12-13,19H,2-10H2,1H3. The van der Waals surface area contributed by atoms with Crippen LogP contribution in [0, 0.1) is 6.92 Å². The number of aryl methyl sites for hydroxylation is 1. The van der Waals surface area contributed by atoms with Gasteiger partial charge >= 0.3 is 0 Å². The molecule has 1 aromatic rings. The molecule has 2 aliphatic carbocycles. The lowest BCUT2D eigenvalue weighted by molar-refractivity contribution is 0.222. The Morgan fingerprint density at radius 1 is 1.21 bits per heavy atom. The molecule has 0 amide bonds. The van der Waals surface area contributed by atoms with Crippen molar-refractivity contribution in [2.45, 2.75) is 64.1 Å². The summed E-state index contributed by atoms with van der Waals surface area (Å²) in [5.41, 5.74) is 0. The molecule has 0 aromatic carbocycles. The third kappa shape index (κ3) is 3.15. The molecule has 0 aliphatic heterocycles. The fraction of sp³-hybridized carbons (Fsp3) is 0.857. The van der Waals surface area contributed by atoms with Crippen molar-refractivity contribution < 1.29 is 5.11 Å². The van der Waals surface area contributed by atoms with Crippen LogP contribution in [-0.4, -0.2) is 44.0 Å². The molecule has 0 unspecified atom stereocenters. The molecule has 19 heavy (non-hydrogen) atoms. The van der Waals surface area contributed by atoms with Crippen molar-refractivity contribution in [1.29, 1.82) is 0 Å². The summed E-state index contributed by atoms with van der Waals surface area (Å²) in [4.78, 5) is 2.53. The Hall–Kier alpha value is -0.940. The van der Waals surface area contributed by atoms with Crippen molar-refractivity contribution in [2.24, 2.45) is 0 Å². The minimum absolute atomic E-state index is 0.301. The minimum atomic E-state index is 0.301. The molecule has 0 bridgehead atoms. The summed E-state index contributed by atoms with van der Waals surface area (Å²) in [6.45, 7) is 4.35. The third-order valence-electron chi connectivity index (χ3n) is 4.11. The number of unbranched alkanes of at least 4 members (excludes halogenated alkanes) is 1. The maximum absolute atomic E-state index is 8.91. The second-order valence-corrected chi connectivity index (χ2v) is 5.90. The van der Waals surface area contributed by atoms with Gasteiger partial charge in [-0.1, -0.05) is 0 Å². The number of aliphatic hydroxyl groups is 1. The molecule has 0 atom stereocenters. The Morgan fingerprint density at radius 3 is 2.63 bits per heavy atom. The SMILES string of the molecule is Cc1nnc(CN(CCCCO)C2CC2)n1C1CC1. The molecular formula is C14H24N4O. The molecule has 0 spiro atoms. The summed E-state index contributed by atoms with van der Waals surface area (Å²) in [6.07, 6.45) is 7.16. The van der Waals surface area contributed by atoms with E-state index in [1.807, 2.05) is 0 Å². The maximum atomic E-state index is 8.91. The lowest BCUT2D eigenvalue weighted by Gasteiger charge is -2.21. The van der Waals surface area contributed by atoms with Crippen LogP contribution in [0.4, 0.5) is 0 Å². The molecule has 0 radical (unpaired) electrons. The number of aliphatic hydroxyl groups excluding tert-OH is 1. The van der Waals surface area contributed by atoms with Gasteiger partial charge in [-0.05, 0) is 52.0 Å². The monoisotopic (exact) mass is 264 g/mol. The van der Waals surface area contributed by atoms with E-state index in [0.29, 0.717) is 12.6 Å². The second kappa shape index (κ2) is 5.59. The Morgan fingerprint density at radius 2 is 2.00 bits per heavy atom. The largest absolute Gasteiger partial charge is 0.396 e. The van der Waals surface area contributed by atoms with Crippen LogP contribution in [0.1, 0.15) is 56.2 Å². The molecule has 2 fully saturated rings. The van der Waals surface area contributed by atoms with E-state index < -0.39 is 0 Å². The number of nitrogens with zero attached hydrogens (tertiary/aromatic N) is 4. The summed E-state index contributed by atoms with van der Waals surface area (Å²) in [5, 5.41) is 17.5. The van der Waals surface area contributed by atoms with E-state index in [9.17, 15) is 0 Å². The molecule has 0 saturated heterocycles. The van der Waals surface area contributed by atoms with Gasteiger partial charge in [-0.2, -0.15) is 0 Å². The molecular weight excluding hydrogens is 240 g/mol. The minimum Gasteiger partial charge on any atom is -0.396 e. The first kappa shape index (κ1) is 13.1. The van der Waals surface area contributed by atoms with Gasteiger partial charge in [0.25, 0.3) is 0 Å². The number of hydrogen-bond acceptors (Lipinski definition) is 4. The molecule has 1 aromatic heterocycles. The van der Waals surface area contributed by atoms with Gasteiger partial charge in [0.15, 0.2) is 0 Å². The maximum Gasteiger partial charge on any atom is 0.147 e. The van der Waals surface area contributed by atoms with Crippen LogP contribution >= 0.6 is 0 Å². The predicted octanol–water partition coefficient (Wildman–Crippen LogP) is 1.66. The molecule has 1 heterocycles. The molecule has 2 saturated carbocycles. The van der Waals surface area contributed by atoms with Gasteiger partial charge in [-0.15, -0.1) is 10.2 Å². The number of rotatable bonds is 8. The summed E-state index contributed by atoms with van der Waals surface area (Å²) >= 11 is 0. The van der Waals surface area contributed by atoms with Gasteiger partial charge in [-0.25, -0.2) is 0 Å². The highest BCUT2D eigenvalue weighted by atomic mass is 16.2. The van der Waals surface area contributed by atoms with Crippen LogP contribution < -0.4 is 0 Å². The Balaban J connectivity index is 1.64. The summed E-state index contributed by atoms with van der Waals surface area (Å²) in [7, 11) is 0. The molecule has 1 N–H and O–H groups in total. The zero-order valence-corrected chi connectivity index (χ0v) is 11.8. The van der Waals surface area contributed by atoms with Gasteiger partial charge < -0.3 is 9.67 Å². The Labute approximate surface area is 114 Å². The lowest BCUT2D eigenvalue weighted by Crippen LogP contribution is -2.28. The summed E-state index contributed by atoms with van der Waals surface area (Å²) in [5.74, 6) is 2.19. The Kier molecular flexibility index (Phi) is 3.84. The zero-order valence-electron chi connectivity index (χ0n) is 11.8. The third-order valence-corrected chi connectivity index (χ3v) is 4.11. The van der Waals surface area contributed by atoms with Crippen LogP contribution in [0.3, 0.4) is 0 Å². The van der Waals surface area contributed by atoms with Crippen molar-refractivity contribution in [1.82, 2.24) is 19.7 Å². The van der Waals surface area contributed by atoms with Crippen LogP contribution in [-0.2, 0) is 6.54 Å². The van der Waals surface area contributed by atoms with E-state index in [1.54, 1.807) is 0 Å². The predicted molar refractivity (Wildman–Crippen MR) is 72.8 cm³/mol. The van der Waals surface area contributed by atoms with Crippen molar-refractivity contribution in [2.75, 3.05) is 13.2 Å². The normalized spacial score (nSPS) is 19.3. The first-order valence-electron chi connectivity index (χ1n) is 7.55.